The number of pyridine rings is 1. The molecule has 0 aliphatic rings. The number of carbonyl (C=O) groups excluding carboxylic acids is 1. The van der Waals surface area contributed by atoms with Gasteiger partial charge in [0, 0.05) is 17.3 Å². The number of nitrogens with zero attached hydrogens (tertiary/aromatic N) is 1. The monoisotopic (exact) mass is 498 g/mol. The summed E-state index contributed by atoms with van der Waals surface area (Å²) < 4.78 is 49.8. The van der Waals surface area contributed by atoms with Crippen molar-refractivity contribution in [2.75, 3.05) is 13.4 Å². The number of carbonyl (C=O) groups is 1. The first kappa shape index (κ1) is 23.8. The predicted octanol–water partition coefficient (Wildman–Crippen LogP) is 4.99. The van der Waals surface area contributed by atoms with Crippen LogP contribution in [0.2, 0.25) is 10.0 Å². The highest BCUT2D eigenvalue weighted by molar-refractivity contribution is 7.89. The lowest BCUT2D eigenvalue weighted by atomic mass is 10.0. The van der Waals surface area contributed by atoms with Gasteiger partial charge in [0.25, 0.3) is 5.91 Å². The maximum absolute atomic E-state index is 14.6. The van der Waals surface area contributed by atoms with Gasteiger partial charge in [-0.2, -0.15) is 0 Å². The first-order valence-electron chi connectivity index (χ1n) is 8.98. The molecule has 0 fully saturated rings. The number of hydrogen-bond acceptors (Lipinski definition) is 6. The van der Waals surface area contributed by atoms with E-state index < -0.39 is 27.3 Å². The fourth-order valence-corrected chi connectivity index (χ4v) is 3.59. The number of methoxy groups -OCH3 is 1. The third-order valence-electron chi connectivity index (χ3n) is 4.22. The zero-order chi connectivity index (χ0) is 23.6. The van der Waals surface area contributed by atoms with Gasteiger partial charge in [-0.3, -0.25) is 4.79 Å². The second-order valence-corrected chi connectivity index (χ2v) is 9.35. The third-order valence-corrected chi connectivity index (χ3v) is 5.36. The summed E-state index contributed by atoms with van der Waals surface area (Å²) in [5.74, 6) is -1.50. The number of benzene rings is 2. The van der Waals surface area contributed by atoms with Crippen LogP contribution in [0.5, 0.6) is 17.4 Å². The Morgan fingerprint density at radius 2 is 1.81 bits per heavy atom. The number of hydrogen-bond donors (Lipinski definition) is 1. The minimum atomic E-state index is -3.87. The smallest absolute Gasteiger partial charge is 0.267 e. The lowest BCUT2D eigenvalue weighted by Gasteiger charge is -2.13. The normalized spacial score (nSPS) is 11.2. The molecule has 168 valence electrons. The average Bonchev–Trinajstić information content (AvgIpc) is 2.70. The molecule has 3 aromatic rings. The van der Waals surface area contributed by atoms with Crippen LogP contribution in [0.15, 0.2) is 42.6 Å². The Labute approximate surface area is 194 Å². The molecule has 32 heavy (non-hydrogen) atoms. The number of ether oxygens (including phenoxy) is 2. The Bertz CT molecular complexity index is 1320. The van der Waals surface area contributed by atoms with E-state index in [1.807, 2.05) is 13.0 Å². The quantitative estimate of drug-likeness (QED) is 0.514. The first-order valence-corrected chi connectivity index (χ1v) is 11.6. The van der Waals surface area contributed by atoms with E-state index in [1.54, 1.807) is 16.9 Å². The molecule has 2 aromatic carbocycles. The molecule has 1 heterocycles. The fourth-order valence-electron chi connectivity index (χ4n) is 2.79. The molecule has 7 nitrogen and oxygen atoms in total. The minimum absolute atomic E-state index is 0.0894. The standard InChI is InChI=1S/C21H17Cl2FN2O5S/c1-11-4-5-15(22)19(6-11)31-21-16(23)7-12(10-25-21)13-8-17(24)14(9-18(13)30-2)20(27)26-32(3,28)29/h4-10H,1-3H3,(H,26,27). The van der Waals surface area contributed by atoms with Gasteiger partial charge in [0.05, 0.1) is 24.0 Å². The number of halogens is 3. The zero-order valence-electron chi connectivity index (χ0n) is 17.1. The van der Waals surface area contributed by atoms with Gasteiger partial charge in [0.1, 0.15) is 22.3 Å². The van der Waals surface area contributed by atoms with Crippen LogP contribution in [0.4, 0.5) is 4.39 Å². The molecule has 0 aliphatic heterocycles. The van der Waals surface area contributed by atoms with E-state index in [1.165, 1.54) is 19.4 Å². The number of rotatable bonds is 6. The summed E-state index contributed by atoms with van der Waals surface area (Å²) in [4.78, 5) is 16.3. The van der Waals surface area contributed by atoms with Gasteiger partial charge in [-0.15, -0.1) is 0 Å². The second kappa shape index (κ2) is 9.32. The van der Waals surface area contributed by atoms with Crippen LogP contribution in [0.1, 0.15) is 15.9 Å². The number of aromatic nitrogens is 1. The van der Waals surface area contributed by atoms with E-state index >= 15 is 0 Å². The summed E-state index contributed by atoms with van der Waals surface area (Å²) in [6.45, 7) is 1.88. The summed E-state index contributed by atoms with van der Waals surface area (Å²) in [6, 6.07) is 8.85. The van der Waals surface area contributed by atoms with Crippen LogP contribution in [0.3, 0.4) is 0 Å². The van der Waals surface area contributed by atoms with Crippen molar-refractivity contribution in [3.8, 4) is 28.5 Å². The zero-order valence-corrected chi connectivity index (χ0v) is 19.4. The lowest BCUT2D eigenvalue weighted by molar-refractivity contribution is 0.0977. The summed E-state index contributed by atoms with van der Waals surface area (Å²) in [5, 5.41) is 0.505. The largest absolute Gasteiger partial charge is 0.496 e. The molecule has 1 N–H and O–H groups in total. The topological polar surface area (TPSA) is 94.6 Å². The molecule has 11 heteroatoms. The summed E-state index contributed by atoms with van der Waals surface area (Å²) in [7, 11) is -2.55. The Balaban J connectivity index is 1.97. The van der Waals surface area contributed by atoms with E-state index in [4.69, 9.17) is 32.7 Å². The Kier molecular flexibility index (Phi) is 6.92. The average molecular weight is 499 g/mol. The number of nitrogens with one attached hydrogen (secondary N) is 1. The van der Waals surface area contributed by atoms with Crippen molar-refractivity contribution in [1.29, 1.82) is 0 Å². The molecule has 1 amide bonds. The van der Waals surface area contributed by atoms with E-state index in [0.717, 1.165) is 24.0 Å². The van der Waals surface area contributed by atoms with Crippen molar-refractivity contribution >= 4 is 39.1 Å². The number of sulfonamides is 1. The molecule has 0 unspecified atom stereocenters. The molecular weight excluding hydrogens is 482 g/mol. The predicted molar refractivity (Wildman–Crippen MR) is 120 cm³/mol. The lowest BCUT2D eigenvalue weighted by Crippen LogP contribution is -2.30. The molecule has 0 saturated heterocycles. The van der Waals surface area contributed by atoms with Gasteiger partial charge in [-0.05, 0) is 42.8 Å². The van der Waals surface area contributed by atoms with E-state index in [9.17, 15) is 17.6 Å². The van der Waals surface area contributed by atoms with Crippen molar-refractivity contribution in [1.82, 2.24) is 9.71 Å². The van der Waals surface area contributed by atoms with Crippen molar-refractivity contribution in [2.24, 2.45) is 0 Å². The minimum Gasteiger partial charge on any atom is -0.496 e. The molecule has 3 rings (SSSR count). The van der Waals surface area contributed by atoms with Gasteiger partial charge in [-0.1, -0.05) is 29.3 Å². The van der Waals surface area contributed by atoms with E-state index in [2.05, 4.69) is 4.98 Å². The molecular formula is C21H17Cl2FN2O5S. The van der Waals surface area contributed by atoms with Gasteiger partial charge >= 0.3 is 0 Å². The third kappa shape index (κ3) is 5.48. The van der Waals surface area contributed by atoms with Crippen LogP contribution in [0.25, 0.3) is 11.1 Å². The highest BCUT2D eigenvalue weighted by Gasteiger charge is 2.21. The molecule has 0 aliphatic carbocycles. The molecule has 0 saturated carbocycles. The molecule has 0 spiro atoms. The van der Waals surface area contributed by atoms with E-state index in [0.29, 0.717) is 16.3 Å². The second-order valence-electron chi connectivity index (χ2n) is 6.78. The Morgan fingerprint density at radius 1 is 1.09 bits per heavy atom. The maximum atomic E-state index is 14.6. The van der Waals surface area contributed by atoms with Crippen molar-refractivity contribution in [3.63, 3.8) is 0 Å². The fraction of sp³-hybridized carbons (Fsp3) is 0.143. The molecule has 0 radical (unpaired) electrons. The Hall–Kier alpha value is -2.88. The number of amides is 1. The van der Waals surface area contributed by atoms with Crippen molar-refractivity contribution in [2.45, 2.75) is 6.92 Å². The summed E-state index contributed by atoms with van der Waals surface area (Å²) in [6.07, 6.45) is 2.17. The summed E-state index contributed by atoms with van der Waals surface area (Å²) >= 11 is 12.5. The van der Waals surface area contributed by atoms with Crippen LogP contribution < -0.4 is 14.2 Å². The highest BCUT2D eigenvalue weighted by atomic mass is 35.5. The number of aryl methyl sites for hydroxylation is 1. The van der Waals surface area contributed by atoms with Crippen LogP contribution in [0, 0.1) is 12.7 Å². The van der Waals surface area contributed by atoms with Gasteiger partial charge < -0.3 is 9.47 Å². The van der Waals surface area contributed by atoms with Gasteiger partial charge in [-0.25, -0.2) is 22.5 Å². The highest BCUT2D eigenvalue weighted by Crippen LogP contribution is 2.37. The van der Waals surface area contributed by atoms with Gasteiger partial charge in [0.15, 0.2) is 0 Å². The summed E-state index contributed by atoms with van der Waals surface area (Å²) in [5.41, 5.74) is 1.06. The van der Waals surface area contributed by atoms with Crippen molar-refractivity contribution in [3.05, 3.63) is 69.6 Å². The molecule has 0 bridgehead atoms. The SMILES string of the molecule is COc1cc(C(=O)NS(C)(=O)=O)c(F)cc1-c1cnc(Oc2cc(C)ccc2Cl)c(Cl)c1. The van der Waals surface area contributed by atoms with E-state index in [-0.39, 0.29) is 22.2 Å². The van der Waals surface area contributed by atoms with Crippen molar-refractivity contribution < 1.29 is 27.1 Å². The molecule has 0 atom stereocenters. The van der Waals surface area contributed by atoms with Gasteiger partial charge in [0.2, 0.25) is 15.9 Å². The Morgan fingerprint density at radius 3 is 2.44 bits per heavy atom. The van der Waals surface area contributed by atoms with Crippen LogP contribution in [-0.2, 0) is 10.0 Å². The van der Waals surface area contributed by atoms with Crippen LogP contribution >= 0.6 is 23.2 Å². The maximum Gasteiger partial charge on any atom is 0.267 e. The first-order chi connectivity index (χ1) is 15.0. The molecule has 1 aromatic heterocycles. The van der Waals surface area contributed by atoms with Crippen LogP contribution in [-0.4, -0.2) is 32.7 Å².